The number of carboxylic acid groups (broad SMARTS) is 1. The van der Waals surface area contributed by atoms with Gasteiger partial charge in [-0.1, -0.05) is 84.9 Å². The van der Waals surface area contributed by atoms with E-state index in [1.54, 1.807) is 24.3 Å². The average molecular weight is 636 g/mol. The van der Waals surface area contributed by atoms with Gasteiger partial charge in [-0.15, -0.1) is 11.8 Å². The summed E-state index contributed by atoms with van der Waals surface area (Å²) in [6.45, 7) is -0.694. The van der Waals surface area contributed by atoms with Crippen LogP contribution in [-0.4, -0.2) is 80.8 Å². The molecule has 5 N–H and O–H groups in total. The maximum Gasteiger partial charge on any atom is 0.345 e. The molecule has 1 fully saturated rings. The van der Waals surface area contributed by atoms with E-state index < -0.39 is 66.8 Å². The molecular weight excluding hydrogens is 602 g/mol. The molecule has 2 heterocycles. The monoisotopic (exact) mass is 635 g/mol. The molecule has 1 amide bonds. The Morgan fingerprint density at radius 1 is 0.867 bits per heavy atom. The van der Waals surface area contributed by atoms with Gasteiger partial charge in [0.25, 0.3) is 0 Å². The Balaban J connectivity index is 1.34. The van der Waals surface area contributed by atoms with Crippen LogP contribution in [0.15, 0.2) is 95.6 Å². The first kappa shape index (κ1) is 32.2. The first-order valence-corrected chi connectivity index (χ1v) is 15.2. The van der Waals surface area contributed by atoms with Gasteiger partial charge in [-0.2, -0.15) is 0 Å². The van der Waals surface area contributed by atoms with Crippen molar-refractivity contribution in [2.24, 2.45) is 0 Å². The van der Waals surface area contributed by atoms with Gasteiger partial charge in [-0.3, -0.25) is 4.79 Å². The van der Waals surface area contributed by atoms with Crippen LogP contribution in [0.3, 0.4) is 0 Å². The summed E-state index contributed by atoms with van der Waals surface area (Å²) in [5.74, 6) is -2.88. The first-order valence-electron chi connectivity index (χ1n) is 14.3. The molecule has 0 aromatic heterocycles. The van der Waals surface area contributed by atoms with Crippen molar-refractivity contribution in [3.05, 3.63) is 107 Å². The Morgan fingerprint density at radius 2 is 1.51 bits per heavy atom. The maximum absolute atomic E-state index is 13.3. The van der Waals surface area contributed by atoms with Gasteiger partial charge in [-0.25, -0.2) is 9.59 Å². The number of carbonyl (C=O) groups is 3. The third-order valence-corrected chi connectivity index (χ3v) is 8.85. The van der Waals surface area contributed by atoms with Gasteiger partial charge in [0.1, 0.15) is 46.9 Å². The van der Waals surface area contributed by atoms with E-state index in [1.807, 2.05) is 60.7 Å². The van der Waals surface area contributed by atoms with Crippen LogP contribution in [0.4, 0.5) is 0 Å². The highest BCUT2D eigenvalue weighted by Crippen LogP contribution is 2.42. The molecule has 0 spiro atoms. The van der Waals surface area contributed by atoms with Crippen LogP contribution in [0.25, 0.3) is 11.1 Å². The van der Waals surface area contributed by atoms with Crippen molar-refractivity contribution >= 4 is 29.6 Å². The number of carboxylic acids is 1. The standard InChI is InChI=1S/C33H33NO10S/c35-17-25-27(37)28(38)30-33(44-25)43-24(29(45-30)31(39)40)16-23(32(41)42-18-20-7-3-1-4-8-20)34-26(36)15-19-11-13-22(14-12-19)21-9-5-2-6-10-21/h1-14,23,25,27-28,30,33,35,37-38H,15-18H2,(H,34,36)(H,39,40)/t23-,25+,27+,28-,30+,33-/m0/s1. The number of aliphatic hydroxyl groups is 3. The number of hydrogen-bond acceptors (Lipinski definition) is 10. The molecule has 5 rings (SSSR count). The van der Waals surface area contributed by atoms with E-state index in [0.29, 0.717) is 22.9 Å². The molecule has 45 heavy (non-hydrogen) atoms. The van der Waals surface area contributed by atoms with Crippen molar-refractivity contribution in [3.63, 3.8) is 0 Å². The summed E-state index contributed by atoms with van der Waals surface area (Å²) in [5.41, 5.74) is 3.41. The van der Waals surface area contributed by atoms with E-state index in [-0.39, 0.29) is 23.7 Å². The summed E-state index contributed by atoms with van der Waals surface area (Å²) >= 11 is 0.715. The zero-order valence-corrected chi connectivity index (χ0v) is 24.8. The lowest BCUT2D eigenvalue weighted by molar-refractivity contribution is -0.243. The van der Waals surface area contributed by atoms with Gasteiger partial charge >= 0.3 is 11.9 Å². The number of carbonyl (C=O) groups excluding carboxylic acids is 2. The number of nitrogens with one attached hydrogen (secondary N) is 1. The number of ether oxygens (including phenoxy) is 3. The van der Waals surface area contributed by atoms with Crippen LogP contribution in [0, 0.1) is 0 Å². The number of aliphatic carboxylic acids is 1. The van der Waals surface area contributed by atoms with Gasteiger partial charge in [0, 0.05) is 6.42 Å². The number of amides is 1. The minimum absolute atomic E-state index is 0.0615. The molecule has 1 saturated heterocycles. The predicted octanol–water partition coefficient (Wildman–Crippen LogP) is 2.38. The summed E-state index contributed by atoms with van der Waals surface area (Å²) in [4.78, 5) is 38.4. The van der Waals surface area contributed by atoms with E-state index in [9.17, 15) is 34.8 Å². The molecule has 6 atom stereocenters. The summed E-state index contributed by atoms with van der Waals surface area (Å²) < 4.78 is 16.9. The average Bonchev–Trinajstić information content (AvgIpc) is 3.05. The number of hydrogen-bond donors (Lipinski definition) is 5. The van der Waals surface area contributed by atoms with Crippen LogP contribution in [0.1, 0.15) is 17.5 Å². The van der Waals surface area contributed by atoms with Gasteiger partial charge < -0.3 is 40.0 Å². The minimum atomic E-state index is -1.47. The summed E-state index contributed by atoms with van der Waals surface area (Å²) in [7, 11) is 0. The Bertz CT molecular complexity index is 1520. The summed E-state index contributed by atoms with van der Waals surface area (Å²) in [6, 6.07) is 24.8. The lowest BCUT2D eigenvalue weighted by Gasteiger charge is -2.44. The van der Waals surface area contributed by atoms with E-state index in [0.717, 1.165) is 11.1 Å². The molecule has 12 heteroatoms. The topological polar surface area (TPSA) is 172 Å². The minimum Gasteiger partial charge on any atom is -0.477 e. The molecule has 0 aliphatic carbocycles. The van der Waals surface area contributed by atoms with Crippen LogP contribution >= 0.6 is 11.8 Å². The number of rotatable bonds is 11. The van der Waals surface area contributed by atoms with Gasteiger partial charge in [0.05, 0.1) is 13.0 Å². The quantitative estimate of drug-likeness (QED) is 0.196. The summed E-state index contributed by atoms with van der Waals surface area (Å²) in [5, 5.41) is 42.0. The maximum atomic E-state index is 13.3. The Morgan fingerprint density at radius 3 is 2.16 bits per heavy atom. The Kier molecular flexibility index (Phi) is 10.5. The highest BCUT2D eigenvalue weighted by atomic mass is 32.2. The zero-order chi connectivity index (χ0) is 31.9. The molecule has 3 aromatic carbocycles. The molecule has 236 valence electrons. The SMILES string of the molecule is O=C(Cc1ccc(-c2ccccc2)cc1)N[C@@H](CC1=C(C(=O)O)S[C@H]2[C@@H](O1)O[C@H](CO)[C@@H](O)[C@@H]2O)C(=O)OCc1ccccc1. The molecule has 11 nitrogen and oxygen atoms in total. The van der Waals surface area contributed by atoms with Crippen molar-refractivity contribution in [3.8, 4) is 11.1 Å². The van der Waals surface area contributed by atoms with Crippen molar-refractivity contribution in [2.75, 3.05) is 6.61 Å². The predicted molar refractivity (Wildman–Crippen MR) is 163 cm³/mol. The van der Waals surface area contributed by atoms with Crippen molar-refractivity contribution in [1.29, 1.82) is 0 Å². The van der Waals surface area contributed by atoms with Crippen LogP contribution in [-0.2, 0) is 41.6 Å². The fraction of sp³-hybridized carbons (Fsp3) is 0.303. The van der Waals surface area contributed by atoms with Crippen LogP contribution < -0.4 is 5.32 Å². The number of thioether (sulfide) groups is 1. The van der Waals surface area contributed by atoms with Crippen LogP contribution in [0.2, 0.25) is 0 Å². The van der Waals surface area contributed by atoms with Crippen LogP contribution in [0.5, 0.6) is 0 Å². The highest BCUT2D eigenvalue weighted by Gasteiger charge is 2.50. The van der Waals surface area contributed by atoms with Crippen molar-refractivity contribution < 1.29 is 49.0 Å². The van der Waals surface area contributed by atoms with Gasteiger partial charge in [0.2, 0.25) is 12.2 Å². The smallest absolute Gasteiger partial charge is 0.345 e. The molecule has 0 saturated carbocycles. The normalized spacial score (nSPS) is 23.3. The molecule has 2 aliphatic heterocycles. The van der Waals surface area contributed by atoms with E-state index in [4.69, 9.17) is 14.2 Å². The van der Waals surface area contributed by atoms with Gasteiger partial charge in [0.15, 0.2) is 0 Å². The molecule has 0 bridgehead atoms. The van der Waals surface area contributed by atoms with E-state index >= 15 is 0 Å². The number of esters is 1. The molecule has 0 radical (unpaired) electrons. The molecule has 0 unspecified atom stereocenters. The van der Waals surface area contributed by atoms with E-state index in [2.05, 4.69) is 5.32 Å². The molecular formula is C33H33NO10S. The van der Waals surface area contributed by atoms with Gasteiger partial charge in [-0.05, 0) is 22.3 Å². The number of benzene rings is 3. The molecule has 3 aromatic rings. The third-order valence-electron chi connectivity index (χ3n) is 7.44. The van der Waals surface area contributed by atoms with Crippen molar-refractivity contribution in [2.45, 2.75) is 55.3 Å². The lowest BCUT2D eigenvalue weighted by atomic mass is 10.0. The lowest BCUT2D eigenvalue weighted by Crippen LogP contribution is -2.59. The first-order chi connectivity index (χ1) is 21.7. The second-order valence-corrected chi connectivity index (χ2v) is 11.8. The fourth-order valence-electron chi connectivity index (χ4n) is 5.07. The van der Waals surface area contributed by atoms with Crippen molar-refractivity contribution in [1.82, 2.24) is 5.32 Å². The second kappa shape index (κ2) is 14.7. The molecule has 2 aliphatic rings. The third kappa shape index (κ3) is 7.91. The second-order valence-electron chi connectivity index (χ2n) is 10.6. The number of fused-ring (bicyclic) bond motifs is 1. The Hall–Kier alpha value is -4.20. The van der Waals surface area contributed by atoms with E-state index in [1.165, 1.54) is 0 Å². The largest absolute Gasteiger partial charge is 0.477 e. The highest BCUT2D eigenvalue weighted by molar-refractivity contribution is 8.04. The number of aliphatic hydroxyl groups excluding tert-OH is 3. The Labute approximate surface area is 263 Å². The zero-order valence-electron chi connectivity index (χ0n) is 24.0. The fourth-order valence-corrected chi connectivity index (χ4v) is 6.23. The summed E-state index contributed by atoms with van der Waals surface area (Å²) in [6.07, 6.45) is -5.78.